The first-order chi connectivity index (χ1) is 9.13. The molecular formula is C13H15FN4O. The van der Waals surface area contributed by atoms with E-state index in [1.807, 2.05) is 19.3 Å². The number of hydrogen-bond donors (Lipinski definition) is 2. The van der Waals surface area contributed by atoms with Gasteiger partial charge >= 0.3 is 0 Å². The highest BCUT2D eigenvalue weighted by atomic mass is 19.1. The number of anilines is 1. The van der Waals surface area contributed by atoms with Crippen molar-refractivity contribution in [3.05, 3.63) is 48.0 Å². The zero-order valence-corrected chi connectivity index (χ0v) is 10.6. The third kappa shape index (κ3) is 4.18. The van der Waals surface area contributed by atoms with Crippen LogP contribution in [0, 0.1) is 5.82 Å². The van der Waals surface area contributed by atoms with Gasteiger partial charge in [0.25, 0.3) is 0 Å². The smallest absolute Gasteiger partial charge is 0.238 e. The zero-order chi connectivity index (χ0) is 13.7. The van der Waals surface area contributed by atoms with Gasteiger partial charge in [0.2, 0.25) is 5.91 Å². The van der Waals surface area contributed by atoms with Gasteiger partial charge in [0.05, 0.1) is 12.2 Å². The molecule has 0 aliphatic carbocycles. The summed E-state index contributed by atoms with van der Waals surface area (Å²) in [4.78, 5) is 11.6. The van der Waals surface area contributed by atoms with Gasteiger partial charge in [-0.15, -0.1) is 0 Å². The summed E-state index contributed by atoms with van der Waals surface area (Å²) in [6, 6.07) is 7.52. The maximum absolute atomic E-state index is 12.7. The summed E-state index contributed by atoms with van der Waals surface area (Å²) in [5.74, 6) is -0.506. The molecule has 0 unspecified atom stereocenters. The highest BCUT2D eigenvalue weighted by molar-refractivity contribution is 5.92. The van der Waals surface area contributed by atoms with Gasteiger partial charge in [-0.3, -0.25) is 9.48 Å². The Labute approximate surface area is 110 Å². The first kappa shape index (κ1) is 13.2. The van der Waals surface area contributed by atoms with Crippen LogP contribution in [0.4, 0.5) is 10.1 Å². The molecule has 1 amide bonds. The van der Waals surface area contributed by atoms with Crippen LogP contribution >= 0.6 is 0 Å². The van der Waals surface area contributed by atoms with E-state index < -0.39 is 0 Å². The molecule has 2 N–H and O–H groups in total. The van der Waals surface area contributed by atoms with Crippen LogP contribution in [0.25, 0.3) is 0 Å². The molecule has 0 radical (unpaired) electrons. The van der Waals surface area contributed by atoms with Crippen molar-refractivity contribution < 1.29 is 9.18 Å². The number of carbonyl (C=O) groups is 1. The molecule has 0 atom stereocenters. The summed E-state index contributed by atoms with van der Waals surface area (Å²) in [5.41, 5.74) is 1.45. The second kappa shape index (κ2) is 6.10. The van der Waals surface area contributed by atoms with E-state index in [2.05, 4.69) is 15.7 Å². The molecule has 1 heterocycles. The number of aromatic nitrogens is 2. The summed E-state index contributed by atoms with van der Waals surface area (Å²) < 4.78 is 14.4. The lowest BCUT2D eigenvalue weighted by Gasteiger charge is -2.05. The van der Waals surface area contributed by atoms with E-state index in [9.17, 15) is 9.18 Å². The third-order valence-electron chi connectivity index (χ3n) is 2.49. The van der Waals surface area contributed by atoms with Crippen LogP contribution in [-0.2, 0) is 18.4 Å². The Bertz CT molecular complexity index is 550. The number of aryl methyl sites for hydroxylation is 1. The van der Waals surface area contributed by atoms with Gasteiger partial charge in [0, 0.05) is 25.5 Å². The van der Waals surface area contributed by atoms with E-state index in [4.69, 9.17) is 0 Å². The lowest BCUT2D eigenvalue weighted by Crippen LogP contribution is -2.27. The molecule has 0 saturated heterocycles. The lowest BCUT2D eigenvalue weighted by atomic mass is 10.3. The molecule has 19 heavy (non-hydrogen) atoms. The number of hydrogen-bond acceptors (Lipinski definition) is 3. The van der Waals surface area contributed by atoms with Gasteiger partial charge in [-0.2, -0.15) is 5.10 Å². The van der Waals surface area contributed by atoms with E-state index in [0.29, 0.717) is 12.2 Å². The van der Waals surface area contributed by atoms with Gasteiger partial charge in [0.1, 0.15) is 5.82 Å². The first-order valence-electron chi connectivity index (χ1n) is 5.88. The van der Waals surface area contributed by atoms with Crippen LogP contribution in [0.1, 0.15) is 5.69 Å². The zero-order valence-electron chi connectivity index (χ0n) is 10.6. The monoisotopic (exact) mass is 262 g/mol. The Hall–Kier alpha value is -2.21. The van der Waals surface area contributed by atoms with Crippen molar-refractivity contribution in [2.45, 2.75) is 6.54 Å². The maximum Gasteiger partial charge on any atom is 0.238 e. The molecule has 0 saturated carbocycles. The van der Waals surface area contributed by atoms with Crippen molar-refractivity contribution in [2.24, 2.45) is 7.05 Å². The molecule has 0 fully saturated rings. The quantitative estimate of drug-likeness (QED) is 0.853. The largest absolute Gasteiger partial charge is 0.325 e. The number of benzene rings is 1. The molecule has 2 aromatic rings. The summed E-state index contributed by atoms with van der Waals surface area (Å²) >= 11 is 0. The molecule has 6 heteroatoms. The normalized spacial score (nSPS) is 10.4. The Morgan fingerprint density at radius 2 is 2.05 bits per heavy atom. The topological polar surface area (TPSA) is 59.0 Å². The summed E-state index contributed by atoms with van der Waals surface area (Å²) in [6.07, 6.45) is 1.84. The van der Waals surface area contributed by atoms with Crippen molar-refractivity contribution in [2.75, 3.05) is 11.9 Å². The average Bonchev–Trinajstić information content (AvgIpc) is 2.78. The van der Waals surface area contributed by atoms with Crippen LogP contribution in [0.2, 0.25) is 0 Å². The van der Waals surface area contributed by atoms with E-state index in [1.54, 1.807) is 4.68 Å². The molecule has 100 valence electrons. The minimum Gasteiger partial charge on any atom is -0.325 e. The Kier molecular flexibility index (Phi) is 4.25. The average molecular weight is 262 g/mol. The molecule has 0 aliphatic heterocycles. The van der Waals surface area contributed by atoms with Gasteiger partial charge in [0.15, 0.2) is 0 Å². The fourth-order valence-electron chi connectivity index (χ4n) is 1.60. The van der Waals surface area contributed by atoms with Gasteiger partial charge in [-0.1, -0.05) is 0 Å². The molecule has 0 bridgehead atoms. The van der Waals surface area contributed by atoms with Crippen molar-refractivity contribution in [1.29, 1.82) is 0 Å². The Morgan fingerprint density at radius 1 is 1.32 bits per heavy atom. The fourth-order valence-corrected chi connectivity index (χ4v) is 1.60. The number of carbonyl (C=O) groups excluding carboxylic acids is 1. The number of halogens is 1. The molecule has 0 aliphatic rings. The van der Waals surface area contributed by atoms with Crippen LogP contribution in [-0.4, -0.2) is 22.2 Å². The number of nitrogens with one attached hydrogen (secondary N) is 2. The van der Waals surface area contributed by atoms with Crippen LogP contribution in [0.3, 0.4) is 0 Å². The molecule has 0 spiro atoms. The molecular weight excluding hydrogens is 247 g/mol. The molecule has 2 rings (SSSR count). The highest BCUT2D eigenvalue weighted by Crippen LogP contribution is 2.07. The Morgan fingerprint density at radius 3 is 2.68 bits per heavy atom. The first-order valence-corrected chi connectivity index (χ1v) is 5.88. The van der Waals surface area contributed by atoms with Gasteiger partial charge in [-0.05, 0) is 30.3 Å². The fraction of sp³-hybridized carbons (Fsp3) is 0.231. The minimum absolute atomic E-state index is 0.175. The van der Waals surface area contributed by atoms with Gasteiger partial charge in [-0.25, -0.2) is 4.39 Å². The predicted molar refractivity (Wildman–Crippen MR) is 69.9 cm³/mol. The minimum atomic E-state index is -0.328. The van der Waals surface area contributed by atoms with Crippen molar-refractivity contribution in [3.8, 4) is 0 Å². The van der Waals surface area contributed by atoms with E-state index in [-0.39, 0.29) is 18.3 Å². The summed E-state index contributed by atoms with van der Waals surface area (Å²) in [7, 11) is 1.84. The Balaban J connectivity index is 1.74. The second-order valence-electron chi connectivity index (χ2n) is 4.14. The maximum atomic E-state index is 12.7. The van der Waals surface area contributed by atoms with Crippen molar-refractivity contribution >= 4 is 11.6 Å². The van der Waals surface area contributed by atoms with Gasteiger partial charge < -0.3 is 10.6 Å². The molecule has 1 aromatic carbocycles. The standard InChI is InChI=1S/C13H15FN4O/c1-18-7-6-12(17-18)8-15-9-13(19)16-11-4-2-10(14)3-5-11/h2-7,15H,8-9H2,1H3,(H,16,19). The molecule has 5 nitrogen and oxygen atoms in total. The van der Waals surface area contributed by atoms with Crippen molar-refractivity contribution in [3.63, 3.8) is 0 Å². The SMILES string of the molecule is Cn1ccc(CNCC(=O)Nc2ccc(F)cc2)n1. The van der Waals surface area contributed by atoms with E-state index in [1.165, 1.54) is 24.3 Å². The van der Waals surface area contributed by atoms with Crippen LogP contribution < -0.4 is 10.6 Å². The second-order valence-corrected chi connectivity index (χ2v) is 4.14. The number of amides is 1. The summed E-state index contributed by atoms with van der Waals surface area (Å²) in [6.45, 7) is 0.700. The van der Waals surface area contributed by atoms with E-state index in [0.717, 1.165) is 5.69 Å². The van der Waals surface area contributed by atoms with Crippen LogP contribution in [0.5, 0.6) is 0 Å². The van der Waals surface area contributed by atoms with Crippen LogP contribution in [0.15, 0.2) is 36.5 Å². The van der Waals surface area contributed by atoms with E-state index >= 15 is 0 Å². The molecule has 1 aromatic heterocycles. The van der Waals surface area contributed by atoms with Crippen molar-refractivity contribution in [1.82, 2.24) is 15.1 Å². The summed E-state index contributed by atoms with van der Waals surface area (Å²) in [5, 5.41) is 9.83. The number of rotatable bonds is 5. The predicted octanol–water partition coefficient (Wildman–Crippen LogP) is 1.29. The third-order valence-corrected chi connectivity index (χ3v) is 2.49. The number of nitrogens with zero attached hydrogens (tertiary/aromatic N) is 2. The lowest BCUT2D eigenvalue weighted by molar-refractivity contribution is -0.115. The highest BCUT2D eigenvalue weighted by Gasteiger charge is 2.03.